The van der Waals surface area contributed by atoms with E-state index in [4.69, 9.17) is 37.1 Å². The van der Waals surface area contributed by atoms with Crippen LogP contribution in [-0.2, 0) is 19.2 Å². The van der Waals surface area contributed by atoms with Crippen molar-refractivity contribution < 1.29 is 39.7 Å². The first-order chi connectivity index (χ1) is 14.6. The lowest BCUT2D eigenvalue weighted by molar-refractivity contribution is -0.159. The molecule has 172 valence electrons. The van der Waals surface area contributed by atoms with Gasteiger partial charge in [-0.05, 0) is 18.2 Å². The van der Waals surface area contributed by atoms with Crippen LogP contribution in [0.1, 0.15) is 22.3 Å². The lowest BCUT2D eigenvalue weighted by Crippen LogP contribution is -2.34. The van der Waals surface area contributed by atoms with Crippen LogP contribution in [0.3, 0.4) is 0 Å². The number of hydrogen-bond donors (Lipinski definition) is 5. The van der Waals surface area contributed by atoms with Crippen molar-refractivity contribution in [3.63, 3.8) is 0 Å². The van der Waals surface area contributed by atoms with Crippen LogP contribution >= 0.6 is 11.6 Å². The van der Waals surface area contributed by atoms with Crippen LogP contribution in [0.15, 0.2) is 48.5 Å². The maximum absolute atomic E-state index is 12.7. The molecule has 0 saturated heterocycles. The maximum atomic E-state index is 12.7. The molecule has 12 heteroatoms. The van der Waals surface area contributed by atoms with Gasteiger partial charge in [0.1, 0.15) is 0 Å². The van der Waals surface area contributed by atoms with Gasteiger partial charge in [0.05, 0.1) is 12.2 Å². The maximum Gasteiger partial charge on any atom is 0.414 e. The first-order valence-corrected chi connectivity index (χ1v) is 9.15. The van der Waals surface area contributed by atoms with Gasteiger partial charge >= 0.3 is 11.9 Å². The molecule has 0 saturated carbocycles. The molecule has 2 rings (SSSR count). The monoisotopic (exact) mass is 467 g/mol. The number of carboxylic acid groups (broad SMARTS) is 2. The summed E-state index contributed by atoms with van der Waals surface area (Å²) >= 11 is 5.99. The van der Waals surface area contributed by atoms with Crippen molar-refractivity contribution in [2.45, 2.75) is 6.42 Å². The van der Waals surface area contributed by atoms with Crippen molar-refractivity contribution in [2.75, 3.05) is 18.4 Å². The molecule has 0 spiro atoms. The summed E-state index contributed by atoms with van der Waals surface area (Å²) in [6.45, 7) is 0.000783. The smallest absolute Gasteiger partial charge is 0.414 e. The summed E-state index contributed by atoms with van der Waals surface area (Å²) in [5, 5.41) is 20.2. The standard InChI is InChI=1S/C18H18ClN3O3.C2H2O4.H2O/c19-13-6-7-15(22-17(24)11-21-16(23)8-9-20)14(10-13)18(25)12-4-2-1-3-5-12;3-1(4)2(5)6;/h1-7,10H,8-9,11,20H2,(H,21,23)(H,22,24);(H,3,4)(H,5,6);1H2. The Kier molecular flexibility index (Phi) is 12.6. The molecule has 0 aromatic heterocycles. The normalized spacial score (nSPS) is 9.31. The number of nitrogens with one attached hydrogen (secondary N) is 2. The van der Waals surface area contributed by atoms with Crippen LogP contribution in [0.2, 0.25) is 5.02 Å². The fourth-order valence-electron chi connectivity index (χ4n) is 2.15. The minimum absolute atomic E-state index is 0. The summed E-state index contributed by atoms with van der Waals surface area (Å²) in [6, 6.07) is 13.3. The number of carbonyl (C=O) groups excluding carboxylic acids is 3. The molecule has 0 radical (unpaired) electrons. The van der Waals surface area contributed by atoms with Crippen LogP contribution < -0.4 is 16.4 Å². The van der Waals surface area contributed by atoms with E-state index in [0.29, 0.717) is 16.3 Å². The highest BCUT2D eigenvalue weighted by Crippen LogP contribution is 2.23. The molecule has 11 nitrogen and oxygen atoms in total. The van der Waals surface area contributed by atoms with Crippen molar-refractivity contribution in [1.29, 1.82) is 0 Å². The van der Waals surface area contributed by atoms with Gasteiger partial charge in [-0.2, -0.15) is 0 Å². The van der Waals surface area contributed by atoms with Gasteiger partial charge in [0.15, 0.2) is 5.78 Å². The molecule has 0 unspecified atom stereocenters. The summed E-state index contributed by atoms with van der Waals surface area (Å²) in [5.74, 6) is -4.67. The van der Waals surface area contributed by atoms with E-state index < -0.39 is 17.8 Å². The number of anilines is 1. The Balaban J connectivity index is 0.00000121. The third-order valence-corrected chi connectivity index (χ3v) is 3.77. The zero-order valence-corrected chi connectivity index (χ0v) is 17.4. The van der Waals surface area contributed by atoms with Gasteiger partial charge < -0.3 is 32.1 Å². The Hall–Kier alpha value is -3.80. The number of amides is 2. The molecule has 0 aliphatic carbocycles. The first-order valence-electron chi connectivity index (χ1n) is 8.77. The molecule has 0 fully saturated rings. The van der Waals surface area contributed by atoms with Crippen LogP contribution in [0.5, 0.6) is 0 Å². The highest BCUT2D eigenvalue weighted by molar-refractivity contribution is 6.31. The van der Waals surface area contributed by atoms with Crippen LogP contribution in [0.4, 0.5) is 5.69 Å². The molecule has 0 aliphatic rings. The van der Waals surface area contributed by atoms with Crippen molar-refractivity contribution >= 4 is 46.8 Å². The van der Waals surface area contributed by atoms with Crippen LogP contribution in [0, 0.1) is 0 Å². The molecule has 0 aliphatic heterocycles. The number of ketones is 1. The zero-order valence-electron chi connectivity index (χ0n) is 16.6. The van der Waals surface area contributed by atoms with Crippen molar-refractivity contribution in [1.82, 2.24) is 5.32 Å². The van der Waals surface area contributed by atoms with Gasteiger partial charge in [0.25, 0.3) is 0 Å². The van der Waals surface area contributed by atoms with E-state index in [1.54, 1.807) is 36.4 Å². The number of aliphatic carboxylic acids is 2. The van der Waals surface area contributed by atoms with Crippen molar-refractivity contribution in [2.24, 2.45) is 5.73 Å². The number of rotatable bonds is 7. The minimum atomic E-state index is -1.82. The Morgan fingerprint density at radius 2 is 1.50 bits per heavy atom. The van der Waals surface area contributed by atoms with Gasteiger partial charge in [-0.15, -0.1) is 0 Å². The molecule has 8 N–H and O–H groups in total. The third kappa shape index (κ3) is 9.80. The van der Waals surface area contributed by atoms with E-state index in [-0.39, 0.29) is 42.2 Å². The zero-order chi connectivity index (χ0) is 23.4. The van der Waals surface area contributed by atoms with E-state index in [0.717, 1.165) is 0 Å². The largest absolute Gasteiger partial charge is 0.473 e. The summed E-state index contributed by atoms with van der Waals surface area (Å²) in [7, 11) is 0. The molecular weight excluding hydrogens is 446 g/mol. The van der Waals surface area contributed by atoms with E-state index in [1.165, 1.54) is 6.07 Å². The highest BCUT2D eigenvalue weighted by atomic mass is 35.5. The number of hydrogen-bond acceptors (Lipinski definition) is 6. The minimum Gasteiger partial charge on any atom is -0.473 e. The number of carbonyl (C=O) groups is 5. The van der Waals surface area contributed by atoms with Gasteiger partial charge in [-0.1, -0.05) is 41.9 Å². The predicted octanol–water partition coefficient (Wildman–Crippen LogP) is 0.305. The predicted molar refractivity (Wildman–Crippen MR) is 116 cm³/mol. The van der Waals surface area contributed by atoms with Gasteiger partial charge in [0, 0.05) is 29.1 Å². The molecule has 0 atom stereocenters. The molecule has 0 bridgehead atoms. The van der Waals surface area contributed by atoms with Crippen molar-refractivity contribution in [3.05, 3.63) is 64.7 Å². The third-order valence-electron chi connectivity index (χ3n) is 3.54. The van der Waals surface area contributed by atoms with Crippen molar-refractivity contribution in [3.8, 4) is 0 Å². The molecule has 2 aromatic carbocycles. The average Bonchev–Trinajstić information content (AvgIpc) is 2.74. The Morgan fingerprint density at radius 3 is 2.03 bits per heavy atom. The first kappa shape index (κ1) is 28.2. The van der Waals surface area contributed by atoms with Crippen LogP contribution in [-0.4, -0.2) is 58.3 Å². The Bertz CT molecular complexity index is 955. The second kappa shape index (κ2) is 14.2. The molecule has 32 heavy (non-hydrogen) atoms. The van der Waals surface area contributed by atoms with Gasteiger partial charge in [0.2, 0.25) is 11.8 Å². The SMILES string of the molecule is NCCC(=O)NCC(=O)Nc1ccc(Cl)cc1C(=O)c1ccccc1.O.O=C(O)C(=O)O. The van der Waals surface area contributed by atoms with Gasteiger partial charge in [-0.3, -0.25) is 14.4 Å². The van der Waals surface area contributed by atoms with Crippen LogP contribution in [0.25, 0.3) is 0 Å². The summed E-state index contributed by atoms with van der Waals surface area (Å²) < 4.78 is 0. The second-order valence-electron chi connectivity index (χ2n) is 5.86. The van der Waals surface area contributed by atoms with E-state index in [2.05, 4.69) is 10.6 Å². The summed E-state index contributed by atoms with van der Waals surface area (Å²) in [5.41, 5.74) is 6.36. The Labute approximate surface area is 187 Å². The Morgan fingerprint density at radius 1 is 0.906 bits per heavy atom. The summed E-state index contributed by atoms with van der Waals surface area (Å²) in [6.07, 6.45) is 0.145. The lowest BCUT2D eigenvalue weighted by Gasteiger charge is -2.12. The lowest BCUT2D eigenvalue weighted by atomic mass is 10.0. The topological polar surface area (TPSA) is 207 Å². The quantitative estimate of drug-likeness (QED) is 0.282. The van der Waals surface area contributed by atoms with E-state index in [9.17, 15) is 14.4 Å². The average molecular weight is 468 g/mol. The summed E-state index contributed by atoms with van der Waals surface area (Å²) in [4.78, 5) is 54.2. The van der Waals surface area contributed by atoms with Gasteiger partial charge in [-0.25, -0.2) is 9.59 Å². The fraction of sp³-hybridized carbons (Fsp3) is 0.150. The fourth-order valence-corrected chi connectivity index (χ4v) is 2.32. The number of carboxylic acids is 2. The highest BCUT2D eigenvalue weighted by Gasteiger charge is 2.16. The second-order valence-corrected chi connectivity index (χ2v) is 6.30. The van der Waals surface area contributed by atoms with E-state index >= 15 is 0 Å². The molecule has 2 aromatic rings. The molecule has 2 amide bonds. The number of benzene rings is 2. The number of nitrogens with two attached hydrogens (primary N) is 1. The molecule has 0 heterocycles. The van der Waals surface area contributed by atoms with E-state index in [1.807, 2.05) is 6.07 Å². The number of halogens is 1. The molecular formula is C20H22ClN3O8.